The fourth-order valence-electron chi connectivity index (χ4n) is 4.06. The molecule has 0 saturated carbocycles. The number of nitrogens with two attached hydrogens (primary N) is 1. The number of allylic oxidation sites excluding steroid dienone is 1. The van der Waals surface area contributed by atoms with E-state index in [9.17, 15) is 10.1 Å². The van der Waals surface area contributed by atoms with Gasteiger partial charge < -0.3 is 15.0 Å². The predicted molar refractivity (Wildman–Crippen MR) is 121 cm³/mol. The van der Waals surface area contributed by atoms with Crippen molar-refractivity contribution in [2.45, 2.75) is 39.2 Å². The number of nitriles is 1. The molecule has 1 aliphatic heterocycles. The van der Waals surface area contributed by atoms with Crippen molar-refractivity contribution >= 4 is 0 Å². The molecule has 1 aliphatic rings. The Morgan fingerprint density at radius 2 is 1.81 bits per heavy atom. The minimum atomic E-state index is -0.565. The molecule has 0 spiro atoms. The summed E-state index contributed by atoms with van der Waals surface area (Å²) in [7, 11) is 0. The van der Waals surface area contributed by atoms with E-state index in [1.54, 1.807) is 4.57 Å². The lowest BCUT2D eigenvalue weighted by Gasteiger charge is -2.27. The highest BCUT2D eigenvalue weighted by atomic mass is 16.5. The van der Waals surface area contributed by atoms with Crippen molar-refractivity contribution in [1.29, 1.82) is 5.26 Å². The van der Waals surface area contributed by atoms with Crippen LogP contribution in [0.4, 0.5) is 0 Å². The Morgan fingerprint density at radius 1 is 1.13 bits per heavy atom. The molecule has 0 amide bonds. The molecular weight excluding hydrogens is 386 g/mol. The van der Waals surface area contributed by atoms with Crippen LogP contribution in [0.1, 0.15) is 53.6 Å². The molecule has 2 aromatic carbocycles. The van der Waals surface area contributed by atoms with Gasteiger partial charge in [0.25, 0.3) is 5.56 Å². The number of nitrogens with zero attached hydrogens (tertiary/aromatic N) is 2. The number of fused-ring (bicyclic) bond motifs is 1. The van der Waals surface area contributed by atoms with Gasteiger partial charge in [0.15, 0.2) is 0 Å². The second kappa shape index (κ2) is 8.16. The Balaban J connectivity index is 1.89. The summed E-state index contributed by atoms with van der Waals surface area (Å²) >= 11 is 0. The maximum Gasteiger partial charge on any atom is 0.259 e. The lowest BCUT2D eigenvalue weighted by molar-refractivity contribution is 0.389. The Hall–Kier alpha value is -3.78. The summed E-state index contributed by atoms with van der Waals surface area (Å²) in [6.07, 6.45) is 0. The van der Waals surface area contributed by atoms with Crippen LogP contribution in [0.25, 0.3) is 0 Å². The lowest BCUT2D eigenvalue weighted by Crippen LogP contribution is -2.33. The molecule has 5 heteroatoms. The molecule has 2 heterocycles. The van der Waals surface area contributed by atoms with Crippen LogP contribution in [-0.2, 0) is 6.54 Å². The summed E-state index contributed by atoms with van der Waals surface area (Å²) in [6, 6.07) is 21.9. The molecule has 5 nitrogen and oxygen atoms in total. The van der Waals surface area contributed by atoms with Crippen LogP contribution in [0.2, 0.25) is 0 Å². The molecule has 0 saturated heterocycles. The first-order valence-electron chi connectivity index (χ1n) is 10.4. The number of rotatable bonds is 4. The van der Waals surface area contributed by atoms with Crippen LogP contribution in [0.5, 0.6) is 5.75 Å². The van der Waals surface area contributed by atoms with Gasteiger partial charge in [0.05, 0.1) is 18.0 Å². The van der Waals surface area contributed by atoms with E-state index in [0.717, 1.165) is 16.8 Å². The van der Waals surface area contributed by atoms with Gasteiger partial charge in [0, 0.05) is 11.8 Å². The van der Waals surface area contributed by atoms with Gasteiger partial charge in [-0.1, -0.05) is 68.4 Å². The number of aryl methyl sites for hydroxylation is 1. The summed E-state index contributed by atoms with van der Waals surface area (Å²) in [4.78, 5) is 13.7. The van der Waals surface area contributed by atoms with Crippen molar-refractivity contribution in [3.05, 3.63) is 110 Å². The molecule has 2 N–H and O–H groups in total. The van der Waals surface area contributed by atoms with E-state index >= 15 is 0 Å². The highest BCUT2D eigenvalue weighted by Gasteiger charge is 2.34. The van der Waals surface area contributed by atoms with Crippen molar-refractivity contribution < 1.29 is 4.74 Å². The molecule has 4 rings (SSSR count). The normalized spacial score (nSPS) is 15.4. The van der Waals surface area contributed by atoms with Gasteiger partial charge >= 0.3 is 0 Å². The maximum atomic E-state index is 13.7. The molecule has 0 bridgehead atoms. The molecule has 3 aromatic rings. The maximum absolute atomic E-state index is 13.7. The average molecular weight is 412 g/mol. The molecule has 0 fully saturated rings. The van der Waals surface area contributed by atoms with Gasteiger partial charge in [0.2, 0.25) is 5.88 Å². The molecule has 0 aliphatic carbocycles. The minimum Gasteiger partial charge on any atom is -0.440 e. The monoisotopic (exact) mass is 411 g/mol. The topological polar surface area (TPSA) is 81.0 Å². The van der Waals surface area contributed by atoms with E-state index in [1.807, 2.05) is 67.6 Å². The Bertz CT molecular complexity index is 1250. The SMILES string of the molecule is Cc1cc2c(c(=O)n1Cc1ccccc1)[C@@H](c1ccc(C(C)C)cc1)C(C#N)=C(N)O2. The van der Waals surface area contributed by atoms with Crippen LogP contribution in [-0.4, -0.2) is 4.57 Å². The molecule has 0 radical (unpaired) electrons. The summed E-state index contributed by atoms with van der Waals surface area (Å²) in [5.74, 6) is 0.289. The summed E-state index contributed by atoms with van der Waals surface area (Å²) in [6.45, 7) is 6.57. The van der Waals surface area contributed by atoms with Crippen molar-refractivity contribution in [3.63, 3.8) is 0 Å². The van der Waals surface area contributed by atoms with Crippen LogP contribution >= 0.6 is 0 Å². The number of benzene rings is 2. The quantitative estimate of drug-likeness (QED) is 0.683. The first-order chi connectivity index (χ1) is 14.9. The van der Waals surface area contributed by atoms with Crippen molar-refractivity contribution in [1.82, 2.24) is 4.57 Å². The molecule has 31 heavy (non-hydrogen) atoms. The number of pyridine rings is 1. The standard InChI is InChI=1S/C26H25N3O2/c1-16(2)19-9-11-20(12-10-19)23-21(14-27)25(28)31-22-13-17(3)29(26(30)24(22)23)15-18-7-5-4-6-8-18/h4-13,16,23H,15,28H2,1-3H3/t23-/m0/s1. The van der Waals surface area contributed by atoms with Gasteiger partial charge in [-0.15, -0.1) is 0 Å². The summed E-state index contributed by atoms with van der Waals surface area (Å²) < 4.78 is 7.46. The van der Waals surface area contributed by atoms with Gasteiger partial charge in [-0.3, -0.25) is 4.79 Å². The number of hydrogen-bond acceptors (Lipinski definition) is 4. The van der Waals surface area contributed by atoms with Gasteiger partial charge in [-0.2, -0.15) is 5.26 Å². The zero-order valence-corrected chi connectivity index (χ0v) is 17.9. The van der Waals surface area contributed by atoms with E-state index in [1.165, 1.54) is 5.56 Å². The first-order valence-corrected chi connectivity index (χ1v) is 10.4. The van der Waals surface area contributed by atoms with Gasteiger partial charge in [0.1, 0.15) is 17.4 Å². The van der Waals surface area contributed by atoms with Gasteiger partial charge in [-0.25, -0.2) is 0 Å². The zero-order chi connectivity index (χ0) is 22.1. The Morgan fingerprint density at radius 3 is 2.42 bits per heavy atom. The number of aromatic nitrogens is 1. The second-order valence-corrected chi connectivity index (χ2v) is 8.19. The summed E-state index contributed by atoms with van der Waals surface area (Å²) in [5.41, 5.74) is 10.5. The third-order valence-electron chi connectivity index (χ3n) is 5.81. The van der Waals surface area contributed by atoms with E-state index in [4.69, 9.17) is 10.5 Å². The third-order valence-corrected chi connectivity index (χ3v) is 5.81. The Kier molecular flexibility index (Phi) is 5.39. The molecule has 1 atom stereocenters. The molecule has 156 valence electrons. The fourth-order valence-corrected chi connectivity index (χ4v) is 4.06. The van der Waals surface area contributed by atoms with Crippen LogP contribution < -0.4 is 16.0 Å². The Labute approximate surface area is 182 Å². The number of ether oxygens (including phenoxy) is 1. The smallest absolute Gasteiger partial charge is 0.259 e. The van der Waals surface area contributed by atoms with Crippen LogP contribution in [0, 0.1) is 18.3 Å². The minimum absolute atomic E-state index is 0.0487. The average Bonchev–Trinajstić information content (AvgIpc) is 2.76. The van der Waals surface area contributed by atoms with Crippen LogP contribution in [0.15, 0.2) is 76.9 Å². The fraction of sp³-hybridized carbons (Fsp3) is 0.231. The predicted octanol–water partition coefficient (Wildman–Crippen LogP) is 4.55. The molecular formula is C26H25N3O2. The third kappa shape index (κ3) is 3.73. The van der Waals surface area contributed by atoms with E-state index in [2.05, 4.69) is 19.9 Å². The van der Waals surface area contributed by atoms with Crippen molar-refractivity contribution in [2.75, 3.05) is 0 Å². The van der Waals surface area contributed by atoms with Crippen molar-refractivity contribution in [3.8, 4) is 11.8 Å². The highest BCUT2D eigenvalue weighted by Crippen LogP contribution is 2.40. The van der Waals surface area contributed by atoms with Crippen LogP contribution in [0.3, 0.4) is 0 Å². The second-order valence-electron chi connectivity index (χ2n) is 8.19. The largest absolute Gasteiger partial charge is 0.440 e. The first kappa shape index (κ1) is 20.5. The lowest BCUT2D eigenvalue weighted by atomic mass is 9.83. The van der Waals surface area contributed by atoms with Crippen molar-refractivity contribution in [2.24, 2.45) is 5.73 Å². The van der Waals surface area contributed by atoms with Gasteiger partial charge in [-0.05, 0) is 29.5 Å². The molecule has 0 unspecified atom stereocenters. The van der Waals surface area contributed by atoms with E-state index < -0.39 is 5.92 Å². The summed E-state index contributed by atoms with van der Waals surface area (Å²) in [5, 5.41) is 9.83. The van der Waals surface area contributed by atoms with E-state index in [0.29, 0.717) is 23.8 Å². The zero-order valence-electron chi connectivity index (χ0n) is 17.9. The number of hydrogen-bond donors (Lipinski definition) is 1. The van der Waals surface area contributed by atoms with E-state index in [-0.39, 0.29) is 17.0 Å². The highest BCUT2D eigenvalue weighted by molar-refractivity contribution is 5.55. The molecule has 1 aromatic heterocycles.